The van der Waals surface area contributed by atoms with Crippen LogP contribution in [0, 0.1) is 0 Å². The Morgan fingerprint density at radius 3 is 2.62 bits per heavy atom. The lowest BCUT2D eigenvalue weighted by Gasteiger charge is -2.33. The summed E-state index contributed by atoms with van der Waals surface area (Å²) in [6, 6.07) is 3.83. The molecule has 32 heavy (non-hydrogen) atoms. The molecular weight excluding hydrogens is 476 g/mol. The summed E-state index contributed by atoms with van der Waals surface area (Å²) in [4.78, 5) is 24.9. The number of amides is 1. The summed E-state index contributed by atoms with van der Waals surface area (Å²) >= 11 is 3.43. The van der Waals surface area contributed by atoms with Crippen molar-refractivity contribution < 1.29 is 14.3 Å². The monoisotopic (exact) mass is 502 g/mol. The number of pyridine rings is 1. The Bertz CT molecular complexity index is 1030. The first kappa shape index (κ1) is 22.5. The molecule has 1 saturated heterocycles. The molecule has 1 aliphatic rings. The number of unbranched alkanes of at least 4 members (excludes halogenated alkanes) is 1. The summed E-state index contributed by atoms with van der Waals surface area (Å²) in [5, 5.41) is 4.27. The van der Waals surface area contributed by atoms with Crippen LogP contribution < -0.4 is 4.74 Å². The average molecular weight is 503 g/mol. The van der Waals surface area contributed by atoms with Gasteiger partial charge in [0.15, 0.2) is 5.65 Å². The number of carbonyl (C=O) groups excluding carboxylic acids is 1. The van der Waals surface area contributed by atoms with E-state index in [1.165, 1.54) is 0 Å². The molecule has 170 valence electrons. The Labute approximate surface area is 195 Å². The van der Waals surface area contributed by atoms with Gasteiger partial charge >= 0.3 is 6.09 Å². The lowest BCUT2D eigenvalue weighted by molar-refractivity contribution is 0.0717. The second kappa shape index (κ2) is 10.7. The number of piperazine rings is 1. The molecule has 3 aromatic heterocycles. The van der Waals surface area contributed by atoms with Gasteiger partial charge in [-0.1, -0.05) is 13.3 Å². The van der Waals surface area contributed by atoms with Gasteiger partial charge in [0.1, 0.15) is 6.61 Å². The molecule has 1 amide bonds. The predicted molar refractivity (Wildman–Crippen MR) is 124 cm³/mol. The van der Waals surface area contributed by atoms with Crippen LogP contribution in [0.2, 0.25) is 0 Å². The fourth-order valence-electron chi connectivity index (χ4n) is 3.46. The highest BCUT2D eigenvalue weighted by Gasteiger charge is 2.21. The summed E-state index contributed by atoms with van der Waals surface area (Å²) in [5.74, 6) is 0.586. The van der Waals surface area contributed by atoms with E-state index < -0.39 is 0 Å². The first-order valence-electron chi connectivity index (χ1n) is 10.9. The van der Waals surface area contributed by atoms with Crippen molar-refractivity contribution in [1.29, 1.82) is 0 Å². The van der Waals surface area contributed by atoms with Crippen molar-refractivity contribution in [3.63, 3.8) is 0 Å². The number of hydrogen-bond donors (Lipinski definition) is 0. The van der Waals surface area contributed by atoms with Crippen LogP contribution in [0.4, 0.5) is 4.79 Å². The van der Waals surface area contributed by atoms with Gasteiger partial charge < -0.3 is 14.4 Å². The number of carbonyl (C=O) groups is 1. The second-order valence-electron chi connectivity index (χ2n) is 7.63. The van der Waals surface area contributed by atoms with Crippen LogP contribution in [-0.2, 0) is 4.74 Å². The minimum atomic E-state index is -0.201. The molecule has 0 aliphatic carbocycles. The van der Waals surface area contributed by atoms with Gasteiger partial charge in [0.2, 0.25) is 5.88 Å². The first-order chi connectivity index (χ1) is 15.6. The maximum atomic E-state index is 12.0. The van der Waals surface area contributed by atoms with E-state index in [1.807, 2.05) is 18.3 Å². The number of hydrogen-bond acceptors (Lipinski definition) is 7. The zero-order valence-corrected chi connectivity index (χ0v) is 19.7. The van der Waals surface area contributed by atoms with E-state index in [4.69, 9.17) is 9.47 Å². The van der Waals surface area contributed by atoms with Gasteiger partial charge in [0.05, 0.1) is 17.3 Å². The van der Waals surface area contributed by atoms with Crippen LogP contribution in [0.25, 0.3) is 16.8 Å². The minimum Gasteiger partial charge on any atom is -0.476 e. The van der Waals surface area contributed by atoms with E-state index in [1.54, 1.807) is 28.0 Å². The van der Waals surface area contributed by atoms with Crippen molar-refractivity contribution in [2.75, 3.05) is 45.9 Å². The van der Waals surface area contributed by atoms with Crippen LogP contribution in [-0.4, -0.2) is 81.4 Å². The molecule has 0 aromatic carbocycles. The highest BCUT2D eigenvalue weighted by Crippen LogP contribution is 2.22. The summed E-state index contributed by atoms with van der Waals surface area (Å²) < 4.78 is 13.7. The molecule has 1 fully saturated rings. The molecule has 9 nitrogen and oxygen atoms in total. The summed E-state index contributed by atoms with van der Waals surface area (Å²) in [6.07, 6.45) is 8.96. The van der Waals surface area contributed by atoms with Crippen molar-refractivity contribution in [3.8, 4) is 17.0 Å². The first-order valence-corrected chi connectivity index (χ1v) is 11.7. The van der Waals surface area contributed by atoms with Crippen LogP contribution in [0.5, 0.6) is 5.88 Å². The number of nitrogens with zero attached hydrogens (tertiary/aromatic N) is 6. The fourth-order valence-corrected chi connectivity index (χ4v) is 3.84. The van der Waals surface area contributed by atoms with E-state index in [-0.39, 0.29) is 6.09 Å². The topological polar surface area (TPSA) is 85.1 Å². The highest BCUT2D eigenvalue weighted by atomic mass is 79.9. The van der Waals surface area contributed by atoms with Crippen molar-refractivity contribution in [2.45, 2.75) is 19.8 Å². The molecule has 0 bridgehead atoms. The van der Waals surface area contributed by atoms with Gasteiger partial charge in [-0.3, -0.25) is 4.90 Å². The summed E-state index contributed by atoms with van der Waals surface area (Å²) in [5.41, 5.74) is 2.65. The van der Waals surface area contributed by atoms with Crippen molar-refractivity contribution in [1.82, 2.24) is 29.4 Å². The molecule has 1 aliphatic heterocycles. The van der Waals surface area contributed by atoms with Crippen LogP contribution in [0.3, 0.4) is 0 Å². The van der Waals surface area contributed by atoms with E-state index in [0.717, 1.165) is 53.7 Å². The molecule has 0 N–H and O–H groups in total. The molecule has 4 rings (SSSR count). The smallest absolute Gasteiger partial charge is 0.409 e. The zero-order valence-electron chi connectivity index (χ0n) is 18.1. The highest BCUT2D eigenvalue weighted by molar-refractivity contribution is 9.10. The van der Waals surface area contributed by atoms with Crippen LogP contribution >= 0.6 is 15.9 Å². The van der Waals surface area contributed by atoms with Crippen LogP contribution in [0.15, 0.2) is 41.4 Å². The molecule has 10 heteroatoms. The average Bonchev–Trinajstić information content (AvgIpc) is 3.20. The minimum absolute atomic E-state index is 0.201. The molecule has 0 spiro atoms. The molecular formula is C22H27BrN6O3. The number of aromatic nitrogens is 4. The van der Waals surface area contributed by atoms with Gasteiger partial charge in [0, 0.05) is 68.5 Å². The maximum Gasteiger partial charge on any atom is 0.409 e. The Morgan fingerprint density at radius 1 is 1.06 bits per heavy atom. The normalized spacial score (nSPS) is 14.6. The second-order valence-corrected chi connectivity index (χ2v) is 8.49. The van der Waals surface area contributed by atoms with Gasteiger partial charge in [-0.05, 0) is 28.4 Å². The number of fused-ring (bicyclic) bond motifs is 1. The summed E-state index contributed by atoms with van der Waals surface area (Å²) in [7, 11) is 0. The number of rotatable bonds is 8. The predicted octanol–water partition coefficient (Wildman–Crippen LogP) is 3.49. The largest absolute Gasteiger partial charge is 0.476 e. The Morgan fingerprint density at radius 2 is 1.88 bits per heavy atom. The lowest BCUT2D eigenvalue weighted by Crippen LogP contribution is -2.49. The van der Waals surface area contributed by atoms with Gasteiger partial charge in [-0.25, -0.2) is 19.3 Å². The van der Waals surface area contributed by atoms with Crippen molar-refractivity contribution in [2.24, 2.45) is 0 Å². The fraction of sp³-hybridized carbons (Fsp3) is 0.455. The molecule has 0 unspecified atom stereocenters. The Kier molecular flexibility index (Phi) is 7.54. The van der Waals surface area contributed by atoms with E-state index in [2.05, 4.69) is 42.8 Å². The van der Waals surface area contributed by atoms with Gasteiger partial charge in [-0.15, -0.1) is 0 Å². The molecule has 0 radical (unpaired) electrons. The van der Waals surface area contributed by atoms with Gasteiger partial charge in [-0.2, -0.15) is 5.10 Å². The lowest BCUT2D eigenvalue weighted by atomic mass is 10.1. The van der Waals surface area contributed by atoms with Crippen LogP contribution in [0.1, 0.15) is 19.8 Å². The molecule has 4 heterocycles. The van der Waals surface area contributed by atoms with Crippen molar-refractivity contribution in [3.05, 3.63) is 41.4 Å². The third-order valence-electron chi connectivity index (χ3n) is 5.39. The third-order valence-corrected chi connectivity index (χ3v) is 5.95. The maximum absolute atomic E-state index is 12.0. The van der Waals surface area contributed by atoms with Crippen molar-refractivity contribution >= 4 is 27.7 Å². The van der Waals surface area contributed by atoms with E-state index in [9.17, 15) is 4.79 Å². The molecule has 3 aromatic rings. The molecule has 0 saturated carbocycles. The molecule has 0 atom stereocenters. The number of halogens is 1. The Balaban J connectivity index is 1.21. The number of ether oxygens (including phenoxy) is 2. The van der Waals surface area contributed by atoms with Gasteiger partial charge in [0.25, 0.3) is 0 Å². The SMILES string of the molecule is CCCCOC(=O)N1CCN(CCOc2ccc(-c3cnc4c(Br)cnn4c3)cn2)CC1. The van der Waals surface area contributed by atoms with E-state index >= 15 is 0 Å². The quantitative estimate of drug-likeness (QED) is 0.435. The summed E-state index contributed by atoms with van der Waals surface area (Å²) in [6.45, 7) is 6.92. The Hall–Kier alpha value is -2.72. The van der Waals surface area contributed by atoms with E-state index in [0.29, 0.717) is 32.2 Å². The third kappa shape index (κ3) is 5.55. The standard InChI is InChI=1S/C22H27BrN6O3/c1-2-3-11-32-22(30)28-8-6-27(7-9-28)10-12-31-20-5-4-17(13-24-20)18-14-25-21-19(23)15-26-29(21)16-18/h4-5,13-16H,2-3,6-12H2,1H3. The zero-order chi connectivity index (χ0) is 22.3.